The molecule has 94 valence electrons. The third-order valence-electron chi connectivity index (χ3n) is 2.46. The van der Waals surface area contributed by atoms with Crippen molar-refractivity contribution in [1.29, 1.82) is 5.26 Å². The van der Waals surface area contributed by atoms with Gasteiger partial charge in [0.2, 0.25) is 0 Å². The van der Waals surface area contributed by atoms with Crippen molar-refractivity contribution in [3.63, 3.8) is 0 Å². The highest BCUT2D eigenvalue weighted by Crippen LogP contribution is 2.05. The molecule has 1 amide bonds. The lowest BCUT2D eigenvalue weighted by Crippen LogP contribution is -2.40. The fraction of sp³-hybridized carbons (Fsp3) is 0.308. The summed E-state index contributed by atoms with van der Waals surface area (Å²) in [5.41, 5.74) is 0.797. The molecular formula is C13H14N2O3. The maximum absolute atomic E-state index is 11.8. The molecule has 1 aromatic carbocycles. The van der Waals surface area contributed by atoms with Crippen molar-refractivity contribution in [3.8, 4) is 6.07 Å². The minimum Gasteiger partial charge on any atom is -0.480 e. The van der Waals surface area contributed by atoms with Crippen LogP contribution in [0.15, 0.2) is 24.3 Å². The number of nitrogens with one attached hydrogen (secondary N) is 1. The average molecular weight is 246 g/mol. The molecule has 0 aliphatic heterocycles. The number of hydrogen-bond acceptors (Lipinski definition) is 3. The number of carboxylic acids is 1. The van der Waals surface area contributed by atoms with Crippen LogP contribution in [0.3, 0.4) is 0 Å². The van der Waals surface area contributed by atoms with E-state index in [1.807, 2.05) is 13.0 Å². The summed E-state index contributed by atoms with van der Waals surface area (Å²) < 4.78 is 0. The van der Waals surface area contributed by atoms with Crippen molar-refractivity contribution in [2.45, 2.75) is 25.8 Å². The summed E-state index contributed by atoms with van der Waals surface area (Å²) in [6.45, 7) is 1.85. The molecule has 0 saturated heterocycles. The van der Waals surface area contributed by atoms with E-state index in [4.69, 9.17) is 10.4 Å². The Hall–Kier alpha value is -2.35. The number of rotatable bonds is 5. The Bertz CT molecular complexity index is 474. The van der Waals surface area contributed by atoms with Crippen LogP contribution in [0, 0.1) is 11.3 Å². The lowest BCUT2D eigenvalue weighted by molar-refractivity contribution is -0.139. The SMILES string of the molecule is CCC[C@H](NC(=O)c1ccc(C#N)cc1)C(=O)O. The van der Waals surface area contributed by atoms with Crippen LogP contribution < -0.4 is 5.32 Å². The number of aliphatic carboxylic acids is 1. The molecule has 0 saturated carbocycles. The quantitative estimate of drug-likeness (QED) is 0.824. The van der Waals surface area contributed by atoms with Gasteiger partial charge in [-0.15, -0.1) is 0 Å². The van der Waals surface area contributed by atoms with Gasteiger partial charge in [0.25, 0.3) is 5.91 Å². The van der Waals surface area contributed by atoms with Gasteiger partial charge in [0, 0.05) is 5.56 Å². The lowest BCUT2D eigenvalue weighted by Gasteiger charge is -2.13. The van der Waals surface area contributed by atoms with E-state index in [0.29, 0.717) is 24.0 Å². The molecule has 0 bridgehead atoms. The highest BCUT2D eigenvalue weighted by Gasteiger charge is 2.19. The van der Waals surface area contributed by atoms with Crippen LogP contribution in [0.2, 0.25) is 0 Å². The van der Waals surface area contributed by atoms with E-state index in [9.17, 15) is 9.59 Å². The van der Waals surface area contributed by atoms with Gasteiger partial charge < -0.3 is 10.4 Å². The number of hydrogen-bond donors (Lipinski definition) is 2. The van der Waals surface area contributed by atoms with Crippen LogP contribution in [0.5, 0.6) is 0 Å². The molecule has 0 fully saturated rings. The maximum atomic E-state index is 11.8. The second kappa shape index (κ2) is 6.40. The van der Waals surface area contributed by atoms with E-state index in [0.717, 1.165) is 0 Å². The average Bonchev–Trinajstić information content (AvgIpc) is 2.38. The molecular weight excluding hydrogens is 232 g/mol. The van der Waals surface area contributed by atoms with Crippen molar-refractivity contribution in [2.24, 2.45) is 0 Å². The number of benzene rings is 1. The monoisotopic (exact) mass is 246 g/mol. The molecule has 0 aliphatic rings. The summed E-state index contributed by atoms with van der Waals surface area (Å²) in [6, 6.07) is 7.10. The van der Waals surface area contributed by atoms with Crippen molar-refractivity contribution < 1.29 is 14.7 Å². The third kappa shape index (κ3) is 3.59. The normalized spacial score (nSPS) is 11.3. The van der Waals surface area contributed by atoms with Crippen molar-refractivity contribution >= 4 is 11.9 Å². The van der Waals surface area contributed by atoms with E-state index in [1.165, 1.54) is 24.3 Å². The summed E-state index contributed by atoms with van der Waals surface area (Å²) in [7, 11) is 0. The van der Waals surface area contributed by atoms with Gasteiger partial charge >= 0.3 is 5.97 Å². The van der Waals surface area contributed by atoms with Gasteiger partial charge in [-0.05, 0) is 30.7 Å². The Morgan fingerprint density at radius 2 is 2.00 bits per heavy atom. The Balaban J connectivity index is 2.74. The lowest BCUT2D eigenvalue weighted by atomic mass is 10.1. The van der Waals surface area contributed by atoms with E-state index >= 15 is 0 Å². The Labute approximate surface area is 105 Å². The molecule has 18 heavy (non-hydrogen) atoms. The highest BCUT2D eigenvalue weighted by atomic mass is 16.4. The van der Waals surface area contributed by atoms with Crippen LogP contribution in [-0.2, 0) is 4.79 Å². The van der Waals surface area contributed by atoms with Crippen LogP contribution in [0.1, 0.15) is 35.7 Å². The van der Waals surface area contributed by atoms with Crippen molar-refractivity contribution in [1.82, 2.24) is 5.32 Å². The summed E-state index contributed by atoms with van der Waals surface area (Å²) >= 11 is 0. The molecule has 0 heterocycles. The summed E-state index contributed by atoms with van der Waals surface area (Å²) in [5, 5.41) is 20.0. The van der Waals surface area contributed by atoms with E-state index in [-0.39, 0.29) is 0 Å². The molecule has 1 aromatic rings. The van der Waals surface area contributed by atoms with Crippen molar-refractivity contribution in [3.05, 3.63) is 35.4 Å². The molecule has 1 atom stereocenters. The van der Waals surface area contributed by atoms with Gasteiger partial charge in [-0.3, -0.25) is 4.79 Å². The summed E-state index contributed by atoms with van der Waals surface area (Å²) in [5.74, 6) is -1.49. The molecule has 0 unspecified atom stereocenters. The van der Waals surface area contributed by atoms with Gasteiger partial charge in [-0.25, -0.2) is 4.79 Å². The first-order valence-electron chi connectivity index (χ1n) is 5.62. The predicted octanol–water partition coefficient (Wildman–Crippen LogP) is 1.54. The largest absolute Gasteiger partial charge is 0.480 e. The number of amides is 1. The van der Waals surface area contributed by atoms with Gasteiger partial charge in [-0.2, -0.15) is 5.26 Å². The van der Waals surface area contributed by atoms with E-state index in [2.05, 4.69) is 5.32 Å². The van der Waals surface area contributed by atoms with Gasteiger partial charge in [0.15, 0.2) is 0 Å². The van der Waals surface area contributed by atoms with Crippen LogP contribution >= 0.6 is 0 Å². The molecule has 5 nitrogen and oxygen atoms in total. The summed E-state index contributed by atoms with van der Waals surface area (Å²) in [6.07, 6.45) is 1.06. The van der Waals surface area contributed by atoms with Gasteiger partial charge in [0.1, 0.15) is 6.04 Å². The van der Waals surface area contributed by atoms with Gasteiger partial charge in [-0.1, -0.05) is 13.3 Å². The zero-order valence-corrected chi connectivity index (χ0v) is 10.0. The Kier molecular flexibility index (Phi) is 4.88. The molecule has 0 radical (unpaired) electrons. The Morgan fingerprint density at radius 3 is 2.44 bits per heavy atom. The fourth-order valence-electron chi connectivity index (χ4n) is 1.48. The maximum Gasteiger partial charge on any atom is 0.326 e. The zero-order valence-electron chi connectivity index (χ0n) is 10.0. The number of carbonyl (C=O) groups excluding carboxylic acids is 1. The minimum atomic E-state index is -1.04. The second-order valence-corrected chi connectivity index (χ2v) is 3.84. The highest BCUT2D eigenvalue weighted by molar-refractivity contribution is 5.96. The molecule has 0 aromatic heterocycles. The smallest absolute Gasteiger partial charge is 0.326 e. The van der Waals surface area contributed by atoms with E-state index < -0.39 is 17.9 Å². The topological polar surface area (TPSA) is 90.2 Å². The number of nitriles is 1. The molecule has 0 aliphatic carbocycles. The predicted molar refractivity (Wildman–Crippen MR) is 65.0 cm³/mol. The first-order chi connectivity index (χ1) is 8.58. The Morgan fingerprint density at radius 1 is 1.39 bits per heavy atom. The number of carbonyl (C=O) groups is 2. The molecule has 2 N–H and O–H groups in total. The summed E-state index contributed by atoms with van der Waals surface area (Å²) in [4.78, 5) is 22.7. The third-order valence-corrected chi connectivity index (χ3v) is 2.46. The second-order valence-electron chi connectivity index (χ2n) is 3.84. The van der Waals surface area contributed by atoms with Gasteiger partial charge in [0.05, 0.1) is 11.6 Å². The van der Waals surface area contributed by atoms with Crippen LogP contribution in [0.4, 0.5) is 0 Å². The first kappa shape index (κ1) is 13.7. The molecule has 0 spiro atoms. The standard InChI is InChI=1S/C13H14N2O3/c1-2-3-11(13(17)18)15-12(16)10-6-4-9(8-14)5-7-10/h4-7,11H,2-3H2,1H3,(H,15,16)(H,17,18)/t11-/m0/s1. The minimum absolute atomic E-state index is 0.344. The first-order valence-corrected chi connectivity index (χ1v) is 5.62. The zero-order chi connectivity index (χ0) is 13.5. The number of carboxylic acid groups (broad SMARTS) is 1. The molecule has 5 heteroatoms. The number of nitrogens with zero attached hydrogens (tertiary/aromatic N) is 1. The van der Waals surface area contributed by atoms with Crippen LogP contribution in [-0.4, -0.2) is 23.0 Å². The fourth-order valence-corrected chi connectivity index (χ4v) is 1.48. The van der Waals surface area contributed by atoms with Crippen molar-refractivity contribution in [2.75, 3.05) is 0 Å². The van der Waals surface area contributed by atoms with E-state index in [1.54, 1.807) is 0 Å². The van der Waals surface area contributed by atoms with Crippen LogP contribution in [0.25, 0.3) is 0 Å². The molecule has 1 rings (SSSR count).